The van der Waals surface area contributed by atoms with Crippen LogP contribution < -0.4 is 10.7 Å². The minimum absolute atomic E-state index is 0.199. The summed E-state index contributed by atoms with van der Waals surface area (Å²) >= 11 is 6.40. The van der Waals surface area contributed by atoms with E-state index in [0.29, 0.717) is 67.2 Å². The van der Waals surface area contributed by atoms with Gasteiger partial charge >= 0.3 is 5.97 Å². The van der Waals surface area contributed by atoms with E-state index >= 15 is 0 Å². The maximum atomic E-state index is 12.7. The first-order chi connectivity index (χ1) is 19.1. The number of nitrogen functional groups attached to an aromatic ring is 1. The van der Waals surface area contributed by atoms with E-state index in [2.05, 4.69) is 5.01 Å². The van der Waals surface area contributed by atoms with Crippen LogP contribution in [0.25, 0.3) is 0 Å². The van der Waals surface area contributed by atoms with Crippen molar-refractivity contribution in [3.8, 4) is 0 Å². The molecular weight excluding hydrogens is 518 g/mol. The van der Waals surface area contributed by atoms with Gasteiger partial charge in [-0.05, 0) is 67.5 Å². The largest absolute Gasteiger partial charge is 0.460 e. The molecule has 0 spiro atoms. The highest BCUT2D eigenvalue weighted by Gasteiger charge is 2.45. The van der Waals surface area contributed by atoms with Crippen molar-refractivity contribution in [1.82, 2.24) is 0 Å². The van der Waals surface area contributed by atoms with Crippen molar-refractivity contribution in [3.63, 3.8) is 0 Å². The number of benzene rings is 2. The number of halogens is 1. The minimum Gasteiger partial charge on any atom is -0.460 e. The number of anilines is 2. The Labute approximate surface area is 235 Å². The van der Waals surface area contributed by atoms with E-state index in [4.69, 9.17) is 41.4 Å². The van der Waals surface area contributed by atoms with Crippen molar-refractivity contribution in [1.29, 1.82) is 0 Å². The van der Waals surface area contributed by atoms with Crippen LogP contribution in [0.3, 0.4) is 0 Å². The number of fused-ring (bicyclic) bond motifs is 3. The zero-order chi connectivity index (χ0) is 27.2. The molecule has 210 valence electrons. The third-order valence-electron chi connectivity index (χ3n) is 8.00. The fourth-order valence-corrected chi connectivity index (χ4v) is 6.27. The molecule has 1 aliphatic heterocycles. The van der Waals surface area contributed by atoms with Crippen LogP contribution in [0.2, 0.25) is 5.02 Å². The molecule has 1 heterocycles. The van der Waals surface area contributed by atoms with E-state index in [-0.39, 0.29) is 12.6 Å². The van der Waals surface area contributed by atoms with E-state index in [1.807, 2.05) is 36.4 Å². The minimum atomic E-state index is -0.338. The lowest BCUT2D eigenvalue weighted by Crippen LogP contribution is -2.40. The SMILES string of the molecule is COCCOCCOCCOC(=O)c1ccc2c(c1)CC[C@H]1C2=NN(c2ccc(N)c(Cl)c2)[C@H]1C1CCCC1. The summed E-state index contributed by atoms with van der Waals surface area (Å²) in [5.74, 6) is 0.614. The Morgan fingerprint density at radius 3 is 2.49 bits per heavy atom. The lowest BCUT2D eigenvalue weighted by atomic mass is 9.75. The Morgan fingerprint density at radius 2 is 1.74 bits per heavy atom. The van der Waals surface area contributed by atoms with Gasteiger partial charge in [-0.1, -0.05) is 30.5 Å². The predicted molar refractivity (Wildman–Crippen MR) is 153 cm³/mol. The second-order valence-electron chi connectivity index (χ2n) is 10.4. The first-order valence-electron chi connectivity index (χ1n) is 13.9. The molecule has 1 saturated carbocycles. The second kappa shape index (κ2) is 13.1. The fraction of sp³-hybridized carbons (Fsp3) is 0.533. The van der Waals surface area contributed by atoms with Gasteiger partial charge in [-0.3, -0.25) is 5.01 Å². The molecule has 3 aliphatic rings. The molecule has 39 heavy (non-hydrogen) atoms. The van der Waals surface area contributed by atoms with Gasteiger partial charge in [-0.25, -0.2) is 4.79 Å². The molecule has 2 aromatic rings. The molecule has 2 atom stereocenters. The number of carbonyl (C=O) groups is 1. The van der Waals surface area contributed by atoms with Gasteiger partial charge in [-0.2, -0.15) is 5.10 Å². The number of aryl methyl sites for hydroxylation is 1. The average Bonchev–Trinajstić information content (AvgIpc) is 3.61. The lowest BCUT2D eigenvalue weighted by Gasteiger charge is -2.34. The molecule has 1 fully saturated rings. The summed E-state index contributed by atoms with van der Waals surface area (Å²) < 4.78 is 21.2. The van der Waals surface area contributed by atoms with Gasteiger partial charge in [-0.15, -0.1) is 0 Å². The Balaban J connectivity index is 1.25. The highest BCUT2D eigenvalue weighted by molar-refractivity contribution is 6.33. The average molecular weight is 556 g/mol. The number of methoxy groups -OCH3 is 1. The molecule has 0 saturated heterocycles. The van der Waals surface area contributed by atoms with Crippen LogP contribution in [-0.4, -0.2) is 64.5 Å². The molecule has 2 aromatic carbocycles. The van der Waals surface area contributed by atoms with Gasteiger partial charge in [0.25, 0.3) is 0 Å². The first-order valence-corrected chi connectivity index (χ1v) is 14.3. The van der Waals surface area contributed by atoms with E-state index < -0.39 is 0 Å². The normalized spacial score (nSPS) is 20.6. The van der Waals surface area contributed by atoms with Crippen LogP contribution in [0, 0.1) is 11.8 Å². The summed E-state index contributed by atoms with van der Waals surface area (Å²) in [6.07, 6.45) is 6.91. The summed E-state index contributed by atoms with van der Waals surface area (Å²) in [6, 6.07) is 12.0. The summed E-state index contributed by atoms with van der Waals surface area (Å²) in [5.41, 5.74) is 11.5. The van der Waals surface area contributed by atoms with Crippen molar-refractivity contribution in [2.45, 2.75) is 44.6 Å². The van der Waals surface area contributed by atoms with Crippen molar-refractivity contribution >= 4 is 34.7 Å². The van der Waals surface area contributed by atoms with Crippen molar-refractivity contribution in [2.24, 2.45) is 16.9 Å². The second-order valence-corrected chi connectivity index (χ2v) is 10.8. The molecule has 2 aliphatic carbocycles. The third-order valence-corrected chi connectivity index (χ3v) is 8.33. The van der Waals surface area contributed by atoms with Gasteiger partial charge in [0.2, 0.25) is 0 Å². The van der Waals surface area contributed by atoms with E-state index in [9.17, 15) is 4.79 Å². The highest BCUT2D eigenvalue weighted by Crippen LogP contribution is 2.45. The highest BCUT2D eigenvalue weighted by atomic mass is 35.5. The van der Waals surface area contributed by atoms with Crippen LogP contribution in [-0.2, 0) is 25.4 Å². The Hall–Kier alpha value is -2.65. The topological polar surface area (TPSA) is 95.6 Å². The smallest absolute Gasteiger partial charge is 0.338 e. The third kappa shape index (κ3) is 6.40. The van der Waals surface area contributed by atoms with Gasteiger partial charge < -0.3 is 24.7 Å². The van der Waals surface area contributed by atoms with Crippen molar-refractivity contribution in [3.05, 3.63) is 58.1 Å². The zero-order valence-electron chi connectivity index (χ0n) is 22.6. The first kappa shape index (κ1) is 27.9. The number of carbonyl (C=O) groups excluding carboxylic acids is 1. The maximum absolute atomic E-state index is 12.7. The molecule has 0 amide bonds. The van der Waals surface area contributed by atoms with Crippen LogP contribution >= 0.6 is 11.6 Å². The molecule has 9 heteroatoms. The molecule has 0 unspecified atom stereocenters. The summed E-state index contributed by atoms with van der Waals surface area (Å²) in [6.45, 7) is 2.56. The maximum Gasteiger partial charge on any atom is 0.338 e. The molecule has 0 aromatic heterocycles. The fourth-order valence-electron chi connectivity index (χ4n) is 6.09. The molecule has 8 nitrogen and oxygen atoms in total. The number of hydrogen-bond acceptors (Lipinski definition) is 8. The number of hydrazone groups is 1. The standard InChI is InChI=1S/C30H38ClN3O5/c1-36-12-13-37-14-15-38-16-17-39-30(35)22-7-9-24-21(18-22)6-10-25-28(24)33-34(29(25)20-4-2-3-5-20)23-8-11-27(32)26(31)19-23/h7-9,11,18-20,25,29H,2-6,10,12-17,32H2,1H3/t25-,29-/m0/s1. The van der Waals surface area contributed by atoms with E-state index in [1.165, 1.54) is 25.7 Å². The molecular formula is C30H38ClN3O5. The Morgan fingerprint density at radius 1 is 1.00 bits per heavy atom. The summed E-state index contributed by atoms with van der Waals surface area (Å²) in [7, 11) is 1.64. The van der Waals surface area contributed by atoms with E-state index in [0.717, 1.165) is 35.4 Å². The number of rotatable bonds is 12. The van der Waals surface area contributed by atoms with Crippen molar-refractivity contribution < 1.29 is 23.7 Å². The van der Waals surface area contributed by atoms with Crippen LogP contribution in [0.1, 0.15) is 53.6 Å². The van der Waals surface area contributed by atoms with Gasteiger partial charge in [0.05, 0.1) is 66.7 Å². The number of nitrogens with zero attached hydrogens (tertiary/aromatic N) is 2. The number of ether oxygens (including phenoxy) is 4. The predicted octanol–water partition coefficient (Wildman–Crippen LogP) is 5.10. The summed E-state index contributed by atoms with van der Waals surface area (Å²) in [4.78, 5) is 12.7. The Kier molecular flexibility index (Phi) is 9.40. The monoisotopic (exact) mass is 555 g/mol. The lowest BCUT2D eigenvalue weighted by molar-refractivity contribution is 0.00570. The van der Waals surface area contributed by atoms with Crippen LogP contribution in [0.5, 0.6) is 0 Å². The van der Waals surface area contributed by atoms with Gasteiger partial charge in [0, 0.05) is 18.6 Å². The molecule has 0 bridgehead atoms. The van der Waals surface area contributed by atoms with Crippen molar-refractivity contribution in [2.75, 3.05) is 57.5 Å². The van der Waals surface area contributed by atoms with Gasteiger partial charge in [0.15, 0.2) is 0 Å². The number of esters is 1. The van der Waals surface area contributed by atoms with E-state index in [1.54, 1.807) is 7.11 Å². The number of nitrogens with two attached hydrogens (primary N) is 1. The summed E-state index contributed by atoms with van der Waals surface area (Å²) in [5, 5.41) is 7.94. The Bertz CT molecular complexity index is 1180. The quantitative estimate of drug-likeness (QED) is 0.221. The van der Waals surface area contributed by atoms with Gasteiger partial charge in [0.1, 0.15) is 6.61 Å². The molecule has 5 rings (SSSR count). The van der Waals surface area contributed by atoms with Crippen LogP contribution in [0.4, 0.5) is 11.4 Å². The zero-order valence-corrected chi connectivity index (χ0v) is 23.3. The molecule has 0 radical (unpaired) electrons. The molecule has 2 N–H and O–H groups in total. The van der Waals surface area contributed by atoms with Crippen LogP contribution in [0.15, 0.2) is 41.5 Å². The number of hydrogen-bond donors (Lipinski definition) is 1.